The largest absolute Gasteiger partial charge is 2.00 e. The van der Waals surface area contributed by atoms with E-state index in [1.54, 1.807) is 0 Å². The van der Waals surface area contributed by atoms with Gasteiger partial charge in [0.05, 0.1) is 0 Å². The Labute approximate surface area is 44.4 Å². The summed E-state index contributed by atoms with van der Waals surface area (Å²) in [5, 5.41) is 8.89. The molecule has 0 radical (unpaired) electrons. The van der Waals surface area contributed by atoms with Crippen molar-refractivity contribution in [3.63, 3.8) is 0 Å². The van der Waals surface area contributed by atoms with Crippen molar-refractivity contribution in [2.24, 2.45) is 0 Å². The van der Waals surface area contributed by atoms with Crippen LogP contribution in [0.5, 0.6) is 0 Å². The summed E-state index contributed by atoms with van der Waals surface area (Å²) in [7, 11) is 0. The average Bonchev–Trinajstić information content (AvgIpc) is 0.811. The van der Waals surface area contributed by atoms with Crippen molar-refractivity contribution in [3.05, 3.63) is 0 Å². The first-order chi connectivity index (χ1) is 1.73. The number of hydrogen-bond acceptors (Lipinski definition) is 2. The molecule has 0 atom stereocenters. The van der Waals surface area contributed by atoms with Gasteiger partial charge in [-0.3, -0.25) is 0 Å². The standard InChI is InChI=1S/C2H4O2.Zn.H/c1-2(3)4;;/h1H3,(H,3,4);;/q;+2;-1/p-1. The maximum absolute atomic E-state index is 8.89. The van der Waals surface area contributed by atoms with Crippen molar-refractivity contribution in [1.29, 1.82) is 0 Å². The molecule has 0 aromatic rings. The first kappa shape index (κ1) is 8.92. The Hall–Kier alpha value is 0.0934. The van der Waals surface area contributed by atoms with Crippen molar-refractivity contribution in [3.8, 4) is 0 Å². The van der Waals surface area contributed by atoms with Gasteiger partial charge in [-0.25, -0.2) is 0 Å². The van der Waals surface area contributed by atoms with E-state index in [0.717, 1.165) is 6.92 Å². The van der Waals surface area contributed by atoms with Crippen LogP contribution in [-0.2, 0) is 24.3 Å². The Morgan fingerprint density at radius 1 is 2.00 bits per heavy atom. The molecular weight excluding hydrogens is 121 g/mol. The van der Waals surface area contributed by atoms with Crippen LogP contribution in [0.3, 0.4) is 0 Å². The van der Waals surface area contributed by atoms with E-state index in [9.17, 15) is 0 Å². The van der Waals surface area contributed by atoms with Gasteiger partial charge >= 0.3 is 19.5 Å². The van der Waals surface area contributed by atoms with E-state index in [2.05, 4.69) is 0 Å². The molecule has 0 rings (SSSR count). The summed E-state index contributed by atoms with van der Waals surface area (Å²) in [6.45, 7) is 0.972. The number of carbonyl (C=O) groups excluding carboxylic acids is 1. The molecule has 0 aliphatic heterocycles. The summed E-state index contributed by atoms with van der Waals surface area (Å²) in [4.78, 5) is 8.89. The third-order valence-corrected chi connectivity index (χ3v) is 0. The van der Waals surface area contributed by atoms with Gasteiger partial charge in [-0.1, -0.05) is 0 Å². The summed E-state index contributed by atoms with van der Waals surface area (Å²) >= 11 is 0. The van der Waals surface area contributed by atoms with Gasteiger partial charge in [-0.15, -0.1) is 0 Å². The van der Waals surface area contributed by atoms with E-state index < -0.39 is 5.97 Å². The fourth-order valence-electron chi connectivity index (χ4n) is 0. The van der Waals surface area contributed by atoms with Gasteiger partial charge in [-0.2, -0.15) is 0 Å². The second-order valence-corrected chi connectivity index (χ2v) is 0.492. The van der Waals surface area contributed by atoms with Crippen LogP contribution in [0, 0.1) is 0 Å². The predicted molar refractivity (Wildman–Crippen MR) is 11.8 cm³/mol. The van der Waals surface area contributed by atoms with Crippen molar-refractivity contribution in [2.45, 2.75) is 6.92 Å². The smallest absolute Gasteiger partial charge is 1.00 e. The Balaban J connectivity index is -0.0000000450. The van der Waals surface area contributed by atoms with E-state index >= 15 is 0 Å². The molecule has 0 amide bonds. The van der Waals surface area contributed by atoms with E-state index in [4.69, 9.17) is 9.90 Å². The molecule has 0 spiro atoms. The Kier molecular flexibility index (Phi) is 7.30. The van der Waals surface area contributed by atoms with Crippen LogP contribution < -0.4 is 5.11 Å². The molecule has 2 nitrogen and oxygen atoms in total. The number of carboxylic acid groups (broad SMARTS) is 1. The molecule has 0 heterocycles. The number of carboxylic acids is 1. The van der Waals surface area contributed by atoms with Crippen molar-refractivity contribution in [2.75, 3.05) is 0 Å². The van der Waals surface area contributed by atoms with Crippen LogP contribution in [0.15, 0.2) is 0 Å². The molecule has 0 N–H and O–H groups in total. The first-order valence-corrected chi connectivity index (χ1v) is 0.908. The molecule has 0 saturated carbocycles. The topological polar surface area (TPSA) is 40.1 Å². The van der Waals surface area contributed by atoms with Crippen molar-refractivity contribution >= 4 is 5.97 Å². The second kappa shape index (κ2) is 4.09. The summed E-state index contributed by atoms with van der Waals surface area (Å²) in [6, 6.07) is 0. The number of hydrogen-bond donors (Lipinski definition) is 0. The molecule has 0 aliphatic rings. The zero-order valence-electron chi connectivity index (χ0n) is 4.02. The third-order valence-electron chi connectivity index (χ3n) is 0. The number of aliphatic carboxylic acids is 1. The Morgan fingerprint density at radius 2 is 2.00 bits per heavy atom. The van der Waals surface area contributed by atoms with Gasteiger partial charge in [0, 0.05) is 5.97 Å². The quantitative estimate of drug-likeness (QED) is 0.384. The molecule has 3 heteroatoms. The average molecular weight is 125 g/mol. The van der Waals surface area contributed by atoms with Crippen LogP contribution >= 0.6 is 0 Å². The van der Waals surface area contributed by atoms with Gasteiger partial charge in [-0.05, 0) is 6.92 Å². The minimum absolute atomic E-state index is 0. The van der Waals surface area contributed by atoms with Gasteiger partial charge in [0.2, 0.25) is 0 Å². The van der Waals surface area contributed by atoms with Gasteiger partial charge in [0.1, 0.15) is 0 Å². The van der Waals surface area contributed by atoms with Crippen molar-refractivity contribution < 1.29 is 30.8 Å². The van der Waals surface area contributed by atoms with Gasteiger partial charge in [0.25, 0.3) is 0 Å². The number of rotatable bonds is 0. The molecule has 0 aromatic carbocycles. The van der Waals surface area contributed by atoms with E-state index in [1.807, 2.05) is 0 Å². The summed E-state index contributed by atoms with van der Waals surface area (Å²) in [5.41, 5.74) is 0. The SMILES string of the molecule is CC(=O)[O-].[H-].[Zn+2]. The molecule has 26 valence electrons. The van der Waals surface area contributed by atoms with E-state index in [1.165, 1.54) is 0 Å². The monoisotopic (exact) mass is 124 g/mol. The fraction of sp³-hybridized carbons (Fsp3) is 0.500. The maximum atomic E-state index is 8.89. The Bertz CT molecular complexity index is 34.5. The maximum Gasteiger partial charge on any atom is 2.00 e. The van der Waals surface area contributed by atoms with E-state index in [0.29, 0.717) is 0 Å². The molecule has 5 heavy (non-hydrogen) atoms. The zero-order chi connectivity index (χ0) is 3.58. The van der Waals surface area contributed by atoms with E-state index in [-0.39, 0.29) is 20.9 Å². The molecule has 0 aliphatic carbocycles. The summed E-state index contributed by atoms with van der Waals surface area (Å²) < 4.78 is 0. The minimum atomic E-state index is -1.08. The van der Waals surface area contributed by atoms with Gasteiger partial charge < -0.3 is 11.3 Å². The molecule has 0 bridgehead atoms. The van der Waals surface area contributed by atoms with Crippen LogP contribution in [-0.4, -0.2) is 5.97 Å². The Morgan fingerprint density at radius 3 is 2.00 bits per heavy atom. The zero-order valence-corrected chi connectivity index (χ0v) is 5.99. The normalized spacial score (nSPS) is 5.00. The van der Waals surface area contributed by atoms with Crippen LogP contribution in [0.2, 0.25) is 0 Å². The molecule has 0 fully saturated rings. The summed E-state index contributed by atoms with van der Waals surface area (Å²) in [5.74, 6) is -1.08. The number of carbonyl (C=O) groups is 1. The second-order valence-electron chi connectivity index (χ2n) is 0.492. The van der Waals surface area contributed by atoms with Gasteiger partial charge in [0.15, 0.2) is 0 Å². The predicted octanol–water partition coefficient (Wildman–Crippen LogP) is -1.13. The first-order valence-electron chi connectivity index (χ1n) is 0.908. The van der Waals surface area contributed by atoms with Crippen LogP contribution in [0.4, 0.5) is 0 Å². The van der Waals surface area contributed by atoms with Crippen LogP contribution in [0.25, 0.3) is 0 Å². The molecule has 0 unspecified atom stereocenters. The molecule has 0 aromatic heterocycles. The minimum Gasteiger partial charge on any atom is -1.00 e. The molecular formula is C2H4O2Zn. The fourth-order valence-corrected chi connectivity index (χ4v) is 0. The third kappa shape index (κ3) is 2060. The molecule has 0 saturated heterocycles. The van der Waals surface area contributed by atoms with Crippen molar-refractivity contribution in [1.82, 2.24) is 0 Å². The summed E-state index contributed by atoms with van der Waals surface area (Å²) in [6.07, 6.45) is 0. The van der Waals surface area contributed by atoms with Crippen LogP contribution in [0.1, 0.15) is 8.35 Å².